The molecule has 10 heteroatoms. The van der Waals surface area contributed by atoms with E-state index in [2.05, 4.69) is 14.6 Å². The van der Waals surface area contributed by atoms with Crippen LogP contribution in [0, 0.1) is 5.82 Å². The zero-order chi connectivity index (χ0) is 21.8. The predicted octanol–water partition coefficient (Wildman–Crippen LogP) is 3.14. The molecule has 0 spiro atoms. The molecule has 1 atom stereocenters. The molecule has 2 saturated heterocycles. The number of carbonyl (C=O) groups excluding carboxylic acids is 1. The number of hydrogen-bond acceptors (Lipinski definition) is 6. The quantitative estimate of drug-likeness (QED) is 0.663. The van der Waals surface area contributed by atoms with E-state index in [-0.39, 0.29) is 6.10 Å². The summed E-state index contributed by atoms with van der Waals surface area (Å²) in [6, 6.07) is 5.49. The summed E-state index contributed by atoms with van der Waals surface area (Å²) in [5, 5.41) is 0. The summed E-state index contributed by atoms with van der Waals surface area (Å²) in [4.78, 5) is 20.3. The molecule has 31 heavy (non-hydrogen) atoms. The average molecular weight is 437 g/mol. The maximum atomic E-state index is 13.7. The number of ether oxygens (including phenoxy) is 3. The highest BCUT2D eigenvalue weighted by atomic mass is 19.3. The van der Waals surface area contributed by atoms with Gasteiger partial charge in [0.1, 0.15) is 6.10 Å². The summed E-state index contributed by atoms with van der Waals surface area (Å²) < 4.78 is 53.7. The first-order chi connectivity index (χ1) is 15.0. The number of benzene rings is 1. The summed E-state index contributed by atoms with van der Waals surface area (Å²) in [6.07, 6.45) is 2.55. The molecule has 0 bridgehead atoms. The number of morpholine rings is 1. The van der Waals surface area contributed by atoms with Gasteiger partial charge in [0.15, 0.2) is 11.6 Å². The third kappa shape index (κ3) is 5.45. The lowest BCUT2D eigenvalue weighted by Crippen LogP contribution is -2.42. The Morgan fingerprint density at radius 1 is 1.16 bits per heavy atom. The largest absolute Gasteiger partial charge is 0.443 e. The van der Waals surface area contributed by atoms with E-state index in [4.69, 9.17) is 9.47 Å². The Morgan fingerprint density at radius 2 is 1.97 bits per heavy atom. The van der Waals surface area contributed by atoms with Crippen molar-refractivity contribution >= 4 is 6.09 Å². The second-order valence-corrected chi connectivity index (χ2v) is 7.40. The molecule has 2 aliphatic heterocycles. The molecule has 1 aromatic heterocycles. The minimum Gasteiger partial charge on any atom is -0.443 e. The molecule has 1 aromatic carbocycles. The van der Waals surface area contributed by atoms with Crippen LogP contribution in [0.4, 0.5) is 18.0 Å². The van der Waals surface area contributed by atoms with Crippen LogP contribution in [0.3, 0.4) is 0 Å². The SMILES string of the molecule is O=C1O[C@@H](CN2CCOCC2)CN1Cc1cncc(-c2ccc(F)c(OC(F)F)c2)c1. The van der Waals surface area contributed by atoms with Gasteiger partial charge in [0.2, 0.25) is 0 Å². The minimum absolute atomic E-state index is 0.215. The van der Waals surface area contributed by atoms with Crippen molar-refractivity contribution in [2.75, 3.05) is 39.4 Å². The van der Waals surface area contributed by atoms with E-state index in [1.54, 1.807) is 17.2 Å². The number of aromatic nitrogens is 1. The molecule has 1 amide bonds. The van der Waals surface area contributed by atoms with Gasteiger partial charge in [-0.15, -0.1) is 0 Å². The first-order valence-corrected chi connectivity index (χ1v) is 9.92. The molecule has 0 saturated carbocycles. The fourth-order valence-corrected chi connectivity index (χ4v) is 3.69. The van der Waals surface area contributed by atoms with Crippen LogP contribution >= 0.6 is 0 Å². The van der Waals surface area contributed by atoms with Crippen molar-refractivity contribution in [2.45, 2.75) is 19.3 Å². The van der Waals surface area contributed by atoms with Crippen LogP contribution in [0.1, 0.15) is 5.56 Å². The Balaban J connectivity index is 1.42. The topological polar surface area (TPSA) is 64.1 Å². The van der Waals surface area contributed by atoms with Crippen molar-refractivity contribution in [1.82, 2.24) is 14.8 Å². The number of halogens is 3. The molecule has 166 valence electrons. The molecule has 0 aliphatic carbocycles. The smallest absolute Gasteiger partial charge is 0.410 e. The molecule has 0 radical (unpaired) electrons. The number of rotatable bonds is 7. The third-order valence-electron chi connectivity index (χ3n) is 5.16. The van der Waals surface area contributed by atoms with Gasteiger partial charge >= 0.3 is 12.7 Å². The summed E-state index contributed by atoms with van der Waals surface area (Å²) in [6.45, 7) is 1.27. The van der Waals surface area contributed by atoms with Gasteiger partial charge in [-0.2, -0.15) is 8.78 Å². The fraction of sp³-hybridized carbons (Fsp3) is 0.429. The van der Waals surface area contributed by atoms with Crippen LogP contribution in [0.15, 0.2) is 36.7 Å². The molecule has 3 heterocycles. The number of hydrogen-bond donors (Lipinski definition) is 0. The zero-order valence-corrected chi connectivity index (χ0v) is 16.7. The molecule has 0 N–H and O–H groups in total. The third-order valence-corrected chi connectivity index (χ3v) is 5.16. The molecular formula is C21H22F3N3O4. The van der Waals surface area contributed by atoms with E-state index < -0.39 is 24.3 Å². The molecule has 2 aliphatic rings. The summed E-state index contributed by atoms with van der Waals surface area (Å²) >= 11 is 0. The number of alkyl halides is 2. The number of pyridine rings is 1. The highest BCUT2D eigenvalue weighted by Crippen LogP contribution is 2.28. The molecule has 2 fully saturated rings. The minimum atomic E-state index is -3.12. The summed E-state index contributed by atoms with van der Waals surface area (Å²) in [5.41, 5.74) is 1.80. The first kappa shape index (κ1) is 21.4. The van der Waals surface area contributed by atoms with Gasteiger partial charge in [-0.25, -0.2) is 9.18 Å². The van der Waals surface area contributed by atoms with E-state index >= 15 is 0 Å². The first-order valence-electron chi connectivity index (χ1n) is 9.92. The Kier molecular flexibility index (Phi) is 6.57. The number of cyclic esters (lactones) is 1. The van der Waals surface area contributed by atoms with Crippen LogP contribution < -0.4 is 4.74 Å². The van der Waals surface area contributed by atoms with Gasteiger partial charge < -0.3 is 19.1 Å². The van der Waals surface area contributed by atoms with Crippen LogP contribution in [0.2, 0.25) is 0 Å². The monoisotopic (exact) mass is 437 g/mol. The Morgan fingerprint density at radius 3 is 2.74 bits per heavy atom. The van der Waals surface area contributed by atoms with E-state index in [0.29, 0.717) is 44.0 Å². The number of carbonyl (C=O) groups is 1. The van der Waals surface area contributed by atoms with Crippen molar-refractivity contribution < 1.29 is 32.2 Å². The van der Waals surface area contributed by atoms with Crippen LogP contribution in [-0.2, 0) is 16.0 Å². The second-order valence-electron chi connectivity index (χ2n) is 7.40. The Labute approximate surface area is 177 Å². The van der Waals surface area contributed by atoms with Crippen molar-refractivity contribution in [2.24, 2.45) is 0 Å². The van der Waals surface area contributed by atoms with Crippen LogP contribution in [-0.4, -0.2) is 73.0 Å². The lowest BCUT2D eigenvalue weighted by molar-refractivity contribution is -0.0521. The molecule has 7 nitrogen and oxygen atoms in total. The van der Waals surface area contributed by atoms with E-state index in [9.17, 15) is 18.0 Å². The van der Waals surface area contributed by atoms with Gasteiger partial charge in [0, 0.05) is 37.6 Å². The lowest BCUT2D eigenvalue weighted by Gasteiger charge is -2.28. The van der Waals surface area contributed by atoms with Crippen molar-refractivity contribution in [3.63, 3.8) is 0 Å². The standard InChI is InChI=1S/C21H22F3N3O4/c22-18-2-1-15(8-19(18)31-20(23)24)16-7-14(9-25-10-16)11-27-13-17(30-21(27)28)12-26-3-5-29-6-4-26/h1-2,7-10,17,20H,3-6,11-13H2/t17-/m0/s1. The maximum absolute atomic E-state index is 13.7. The van der Waals surface area contributed by atoms with E-state index in [0.717, 1.165) is 24.7 Å². The van der Waals surface area contributed by atoms with Gasteiger partial charge in [-0.3, -0.25) is 9.88 Å². The highest BCUT2D eigenvalue weighted by Gasteiger charge is 2.32. The Bertz CT molecular complexity index is 924. The molecule has 0 unspecified atom stereocenters. The van der Waals surface area contributed by atoms with Gasteiger partial charge in [-0.05, 0) is 29.3 Å². The highest BCUT2D eigenvalue weighted by molar-refractivity contribution is 5.70. The predicted molar refractivity (Wildman–Crippen MR) is 104 cm³/mol. The molecular weight excluding hydrogens is 415 g/mol. The van der Waals surface area contributed by atoms with Crippen LogP contribution in [0.25, 0.3) is 11.1 Å². The van der Waals surface area contributed by atoms with Gasteiger partial charge in [0.25, 0.3) is 0 Å². The van der Waals surface area contributed by atoms with Crippen molar-refractivity contribution in [3.8, 4) is 16.9 Å². The fourth-order valence-electron chi connectivity index (χ4n) is 3.69. The van der Waals surface area contributed by atoms with Crippen molar-refractivity contribution in [1.29, 1.82) is 0 Å². The summed E-state index contributed by atoms with van der Waals surface area (Å²) in [5.74, 6) is -1.41. The Hall–Kier alpha value is -2.85. The van der Waals surface area contributed by atoms with Gasteiger partial charge in [0.05, 0.1) is 26.3 Å². The molecule has 2 aromatic rings. The zero-order valence-electron chi connectivity index (χ0n) is 16.7. The van der Waals surface area contributed by atoms with E-state index in [1.807, 2.05) is 0 Å². The normalized spacial score (nSPS) is 19.7. The second kappa shape index (κ2) is 9.52. The average Bonchev–Trinajstić information content (AvgIpc) is 3.09. The number of nitrogens with zero attached hydrogens (tertiary/aromatic N) is 3. The summed E-state index contributed by atoms with van der Waals surface area (Å²) in [7, 11) is 0. The number of amides is 1. The van der Waals surface area contributed by atoms with Crippen molar-refractivity contribution in [3.05, 3.63) is 48.0 Å². The maximum Gasteiger partial charge on any atom is 0.410 e. The molecule has 4 rings (SSSR count). The lowest BCUT2D eigenvalue weighted by atomic mass is 10.1. The van der Waals surface area contributed by atoms with Crippen LogP contribution in [0.5, 0.6) is 5.75 Å². The van der Waals surface area contributed by atoms with E-state index in [1.165, 1.54) is 18.3 Å². The van der Waals surface area contributed by atoms with Gasteiger partial charge in [-0.1, -0.05) is 6.07 Å².